The second-order valence-corrected chi connectivity index (χ2v) is 5.95. The highest BCUT2D eigenvalue weighted by molar-refractivity contribution is 5.69. The van der Waals surface area contributed by atoms with Crippen molar-refractivity contribution in [3.63, 3.8) is 0 Å². The van der Waals surface area contributed by atoms with Crippen molar-refractivity contribution in [3.05, 3.63) is 18.0 Å². The number of aldehydes is 1. The van der Waals surface area contributed by atoms with E-state index in [4.69, 9.17) is 4.74 Å². The Balaban J connectivity index is 2.77. The summed E-state index contributed by atoms with van der Waals surface area (Å²) in [4.78, 5) is 22.6. The second kappa shape index (κ2) is 6.54. The molecule has 1 aromatic heterocycles. The highest BCUT2D eigenvalue weighted by Crippen LogP contribution is 2.18. The first-order valence-corrected chi connectivity index (χ1v) is 6.70. The van der Waals surface area contributed by atoms with Crippen LogP contribution >= 0.6 is 0 Å². The lowest BCUT2D eigenvalue weighted by molar-refractivity contribution is -0.108. The highest BCUT2D eigenvalue weighted by Gasteiger charge is 2.21. The van der Waals surface area contributed by atoms with Crippen molar-refractivity contribution in [2.75, 3.05) is 0 Å². The molecule has 0 unspecified atom stereocenters. The molecule has 0 aliphatic carbocycles. The van der Waals surface area contributed by atoms with E-state index < -0.39 is 17.7 Å². The molecule has 0 saturated carbocycles. The van der Waals surface area contributed by atoms with Gasteiger partial charge in [-0.15, -0.1) is 0 Å². The molecule has 1 aromatic rings. The third-order valence-electron chi connectivity index (χ3n) is 2.58. The average Bonchev–Trinajstić information content (AvgIpc) is 2.74. The Kier molecular flexibility index (Phi) is 5.30. The molecule has 6 nitrogen and oxygen atoms in total. The van der Waals surface area contributed by atoms with Gasteiger partial charge in [-0.3, -0.25) is 4.68 Å². The first-order valence-electron chi connectivity index (χ1n) is 6.70. The Bertz CT molecular complexity index is 460. The van der Waals surface area contributed by atoms with Crippen molar-refractivity contribution in [1.29, 1.82) is 0 Å². The van der Waals surface area contributed by atoms with Crippen LogP contribution in [0, 0.1) is 0 Å². The van der Waals surface area contributed by atoms with Crippen LogP contribution < -0.4 is 5.32 Å². The molecular formula is C14H23N3O3. The fourth-order valence-electron chi connectivity index (χ4n) is 1.64. The monoisotopic (exact) mass is 281 g/mol. The maximum atomic E-state index is 11.8. The summed E-state index contributed by atoms with van der Waals surface area (Å²) in [5.74, 6) is 0. The van der Waals surface area contributed by atoms with E-state index in [0.29, 0.717) is 0 Å². The third kappa shape index (κ3) is 5.03. The standard InChI is InChI=1S/C14H23N3O3/c1-10(2)17-9-11(8-15-17)12(6-7-18)16-13(19)20-14(3,4)5/h7-10,12H,6H2,1-5H3,(H,16,19)/t12-/m1/s1. The Labute approximate surface area is 119 Å². The van der Waals surface area contributed by atoms with E-state index in [1.807, 2.05) is 20.0 Å². The topological polar surface area (TPSA) is 73.2 Å². The summed E-state index contributed by atoms with van der Waals surface area (Å²) in [5, 5.41) is 6.91. The summed E-state index contributed by atoms with van der Waals surface area (Å²) in [6.45, 7) is 9.38. The van der Waals surface area contributed by atoms with Gasteiger partial charge in [0.2, 0.25) is 0 Å². The van der Waals surface area contributed by atoms with Gasteiger partial charge in [-0.25, -0.2) is 4.79 Å². The molecule has 20 heavy (non-hydrogen) atoms. The van der Waals surface area contributed by atoms with Gasteiger partial charge < -0.3 is 14.8 Å². The number of rotatable bonds is 5. The number of carbonyl (C=O) groups excluding carboxylic acids is 2. The predicted octanol–water partition coefficient (Wildman–Crippen LogP) is 2.62. The zero-order valence-electron chi connectivity index (χ0n) is 12.7. The van der Waals surface area contributed by atoms with Crippen LogP contribution in [0.25, 0.3) is 0 Å². The molecule has 0 aliphatic rings. The number of aromatic nitrogens is 2. The fourth-order valence-corrected chi connectivity index (χ4v) is 1.64. The van der Waals surface area contributed by atoms with E-state index in [2.05, 4.69) is 10.4 Å². The SMILES string of the molecule is CC(C)n1cc([C@@H](CC=O)NC(=O)OC(C)(C)C)cn1. The molecule has 1 amide bonds. The molecule has 1 N–H and O–H groups in total. The minimum atomic E-state index is -0.572. The molecule has 1 rings (SSSR count). The van der Waals surface area contributed by atoms with Gasteiger partial charge in [-0.2, -0.15) is 5.10 Å². The van der Waals surface area contributed by atoms with Crippen LogP contribution in [-0.2, 0) is 9.53 Å². The van der Waals surface area contributed by atoms with Crippen molar-refractivity contribution < 1.29 is 14.3 Å². The molecule has 112 valence electrons. The number of nitrogens with one attached hydrogen (secondary N) is 1. The lowest BCUT2D eigenvalue weighted by Gasteiger charge is -2.22. The van der Waals surface area contributed by atoms with Crippen molar-refractivity contribution in [1.82, 2.24) is 15.1 Å². The zero-order valence-corrected chi connectivity index (χ0v) is 12.7. The molecule has 0 radical (unpaired) electrons. The number of carbonyl (C=O) groups is 2. The molecule has 6 heteroatoms. The molecule has 0 saturated heterocycles. The third-order valence-corrected chi connectivity index (χ3v) is 2.58. The number of hydrogen-bond donors (Lipinski definition) is 1. The number of hydrogen-bond acceptors (Lipinski definition) is 4. The van der Waals surface area contributed by atoms with Crippen molar-refractivity contribution in [2.24, 2.45) is 0 Å². The molecule has 0 aromatic carbocycles. The minimum Gasteiger partial charge on any atom is -0.444 e. The predicted molar refractivity (Wildman–Crippen MR) is 75.4 cm³/mol. The molecule has 0 spiro atoms. The van der Waals surface area contributed by atoms with Crippen LogP contribution in [0.15, 0.2) is 12.4 Å². The number of alkyl carbamates (subject to hydrolysis) is 1. The van der Waals surface area contributed by atoms with Gasteiger partial charge in [-0.1, -0.05) is 0 Å². The number of ether oxygens (including phenoxy) is 1. The number of amides is 1. The van der Waals surface area contributed by atoms with E-state index in [-0.39, 0.29) is 12.5 Å². The lowest BCUT2D eigenvalue weighted by atomic mass is 10.1. The molecule has 0 fully saturated rings. The van der Waals surface area contributed by atoms with Gasteiger partial charge in [0, 0.05) is 24.2 Å². The summed E-state index contributed by atoms with van der Waals surface area (Å²) in [7, 11) is 0. The Morgan fingerprint density at radius 3 is 2.60 bits per heavy atom. The van der Waals surface area contributed by atoms with Crippen LogP contribution in [0.4, 0.5) is 4.79 Å². The maximum absolute atomic E-state index is 11.8. The van der Waals surface area contributed by atoms with Crippen molar-refractivity contribution >= 4 is 12.4 Å². The van der Waals surface area contributed by atoms with Gasteiger partial charge in [0.05, 0.1) is 12.2 Å². The van der Waals surface area contributed by atoms with Gasteiger partial charge in [0.1, 0.15) is 11.9 Å². The quantitative estimate of drug-likeness (QED) is 0.842. The van der Waals surface area contributed by atoms with Gasteiger partial charge in [0.15, 0.2) is 0 Å². The molecule has 1 heterocycles. The van der Waals surface area contributed by atoms with Crippen LogP contribution in [0.1, 0.15) is 58.7 Å². The summed E-state index contributed by atoms with van der Waals surface area (Å²) < 4.78 is 6.98. The van der Waals surface area contributed by atoms with Crippen LogP contribution in [0.2, 0.25) is 0 Å². The Morgan fingerprint density at radius 2 is 2.15 bits per heavy atom. The Morgan fingerprint density at radius 1 is 1.50 bits per heavy atom. The van der Waals surface area contributed by atoms with Crippen molar-refractivity contribution in [2.45, 2.75) is 58.7 Å². The fraction of sp³-hybridized carbons (Fsp3) is 0.643. The first kappa shape index (κ1) is 16.2. The molecule has 1 atom stereocenters. The Hall–Kier alpha value is -1.85. The normalized spacial score (nSPS) is 13.1. The van der Waals surface area contributed by atoms with Gasteiger partial charge >= 0.3 is 6.09 Å². The largest absolute Gasteiger partial charge is 0.444 e. The molecular weight excluding hydrogens is 258 g/mol. The first-order chi connectivity index (χ1) is 9.23. The van der Waals surface area contributed by atoms with Crippen molar-refractivity contribution in [3.8, 4) is 0 Å². The lowest BCUT2D eigenvalue weighted by Crippen LogP contribution is -2.35. The number of nitrogens with zero attached hydrogens (tertiary/aromatic N) is 2. The van der Waals surface area contributed by atoms with Crippen LogP contribution in [-0.4, -0.2) is 27.8 Å². The van der Waals surface area contributed by atoms with Gasteiger partial charge in [0.25, 0.3) is 0 Å². The maximum Gasteiger partial charge on any atom is 0.408 e. The minimum absolute atomic E-state index is 0.184. The zero-order chi connectivity index (χ0) is 15.3. The van der Waals surface area contributed by atoms with Gasteiger partial charge in [-0.05, 0) is 34.6 Å². The smallest absolute Gasteiger partial charge is 0.408 e. The van der Waals surface area contributed by atoms with E-state index in [1.165, 1.54) is 0 Å². The van der Waals surface area contributed by atoms with E-state index in [1.54, 1.807) is 31.6 Å². The summed E-state index contributed by atoms with van der Waals surface area (Å²) in [5.41, 5.74) is 0.217. The second-order valence-electron chi connectivity index (χ2n) is 5.95. The van der Waals surface area contributed by atoms with E-state index in [9.17, 15) is 9.59 Å². The van der Waals surface area contributed by atoms with Crippen LogP contribution in [0.5, 0.6) is 0 Å². The van der Waals surface area contributed by atoms with E-state index >= 15 is 0 Å². The summed E-state index contributed by atoms with van der Waals surface area (Å²) >= 11 is 0. The highest BCUT2D eigenvalue weighted by atomic mass is 16.6. The van der Waals surface area contributed by atoms with E-state index in [0.717, 1.165) is 11.8 Å². The average molecular weight is 281 g/mol. The molecule has 0 bridgehead atoms. The summed E-state index contributed by atoms with van der Waals surface area (Å²) in [6.07, 6.45) is 3.90. The van der Waals surface area contributed by atoms with Crippen LogP contribution in [0.3, 0.4) is 0 Å². The summed E-state index contributed by atoms with van der Waals surface area (Å²) in [6, 6.07) is -0.197. The molecule has 0 aliphatic heterocycles.